The van der Waals surface area contributed by atoms with E-state index in [4.69, 9.17) is 15.6 Å². The van der Waals surface area contributed by atoms with E-state index in [0.717, 1.165) is 25.0 Å². The summed E-state index contributed by atoms with van der Waals surface area (Å²) < 4.78 is 5.86. The number of hydrogen-bond acceptors (Lipinski definition) is 5. The van der Waals surface area contributed by atoms with Crippen LogP contribution in [0.25, 0.3) is 0 Å². The predicted octanol–water partition coefficient (Wildman–Crippen LogP) is 3.07. The van der Waals surface area contributed by atoms with Gasteiger partial charge in [0.2, 0.25) is 0 Å². The molecule has 3 rings (SSSR count). The zero-order valence-electron chi connectivity index (χ0n) is 18.0. The zero-order chi connectivity index (χ0) is 24.0. The second-order valence-electron chi connectivity index (χ2n) is 8.06. The number of primary amides is 1. The average molecular weight is 454 g/mol. The first-order valence-electron chi connectivity index (χ1n) is 10.7. The van der Waals surface area contributed by atoms with Crippen LogP contribution in [0.2, 0.25) is 0 Å². The van der Waals surface area contributed by atoms with Gasteiger partial charge in [-0.2, -0.15) is 0 Å². The van der Waals surface area contributed by atoms with Crippen LogP contribution < -0.4 is 15.8 Å². The second-order valence-corrected chi connectivity index (χ2v) is 8.06. The van der Waals surface area contributed by atoms with Crippen molar-refractivity contribution in [3.8, 4) is 5.75 Å². The SMILES string of the molecule is NC(=O)c1cc(CNC(=O)c2ccc(C(=O)O)c(C(=O)O)c2)ccc1OCC1CCCCC1. The Morgan fingerprint density at radius 1 is 0.909 bits per heavy atom. The molecule has 0 bridgehead atoms. The number of benzene rings is 2. The fourth-order valence-electron chi connectivity index (χ4n) is 3.90. The largest absolute Gasteiger partial charge is 0.492 e. The quantitative estimate of drug-likeness (QED) is 0.453. The maximum atomic E-state index is 12.5. The maximum absolute atomic E-state index is 12.5. The van der Waals surface area contributed by atoms with Crippen molar-refractivity contribution in [2.45, 2.75) is 38.6 Å². The number of carbonyl (C=O) groups is 4. The van der Waals surface area contributed by atoms with Gasteiger partial charge in [0.1, 0.15) is 5.75 Å². The summed E-state index contributed by atoms with van der Waals surface area (Å²) in [6.45, 7) is 0.569. The Morgan fingerprint density at radius 3 is 2.24 bits per heavy atom. The first-order chi connectivity index (χ1) is 15.8. The molecule has 0 atom stereocenters. The van der Waals surface area contributed by atoms with Crippen LogP contribution >= 0.6 is 0 Å². The van der Waals surface area contributed by atoms with E-state index in [1.807, 2.05) is 0 Å². The minimum absolute atomic E-state index is 0.0000369. The van der Waals surface area contributed by atoms with Gasteiger partial charge in [-0.15, -0.1) is 0 Å². The van der Waals surface area contributed by atoms with Gasteiger partial charge < -0.3 is 26.0 Å². The minimum Gasteiger partial charge on any atom is -0.492 e. The van der Waals surface area contributed by atoms with Crippen LogP contribution in [0.1, 0.15) is 79.1 Å². The number of hydrogen-bond donors (Lipinski definition) is 4. The van der Waals surface area contributed by atoms with E-state index in [1.165, 1.54) is 25.3 Å². The second kappa shape index (κ2) is 10.6. The van der Waals surface area contributed by atoms with Crippen molar-refractivity contribution in [2.24, 2.45) is 11.7 Å². The summed E-state index contributed by atoms with van der Waals surface area (Å²) in [5, 5.41) is 20.9. The van der Waals surface area contributed by atoms with Gasteiger partial charge >= 0.3 is 11.9 Å². The van der Waals surface area contributed by atoms with Crippen molar-refractivity contribution in [2.75, 3.05) is 6.61 Å². The third-order valence-electron chi connectivity index (χ3n) is 5.70. The van der Waals surface area contributed by atoms with Gasteiger partial charge in [0.25, 0.3) is 11.8 Å². The van der Waals surface area contributed by atoms with Gasteiger partial charge in [0.15, 0.2) is 0 Å². The van der Waals surface area contributed by atoms with Gasteiger partial charge in [-0.3, -0.25) is 9.59 Å². The fourth-order valence-corrected chi connectivity index (χ4v) is 3.90. The van der Waals surface area contributed by atoms with E-state index >= 15 is 0 Å². The van der Waals surface area contributed by atoms with E-state index in [1.54, 1.807) is 18.2 Å². The van der Waals surface area contributed by atoms with E-state index in [-0.39, 0.29) is 17.7 Å². The summed E-state index contributed by atoms with van der Waals surface area (Å²) in [7, 11) is 0. The number of nitrogens with one attached hydrogen (secondary N) is 1. The van der Waals surface area contributed by atoms with Crippen molar-refractivity contribution in [1.29, 1.82) is 0 Å². The standard InChI is InChI=1S/C24H26N2O7/c25-21(27)19-10-15(6-9-20(19)33-13-14-4-2-1-3-5-14)12-26-22(28)16-7-8-17(23(29)30)18(11-16)24(31)32/h6-11,14H,1-5,12-13H2,(H2,25,27)(H,26,28)(H,29,30)(H,31,32). The molecule has 1 saturated carbocycles. The molecule has 2 aromatic rings. The molecular weight excluding hydrogens is 428 g/mol. The number of carbonyl (C=O) groups excluding carboxylic acids is 2. The Hall–Kier alpha value is -3.88. The van der Waals surface area contributed by atoms with Crippen molar-refractivity contribution in [3.05, 3.63) is 64.2 Å². The maximum Gasteiger partial charge on any atom is 0.336 e. The van der Waals surface area contributed by atoms with Crippen LogP contribution in [0, 0.1) is 5.92 Å². The average Bonchev–Trinajstić information content (AvgIpc) is 2.81. The number of carboxylic acids is 2. The summed E-state index contributed by atoms with van der Waals surface area (Å²) in [5.74, 6) is -3.22. The molecule has 2 aromatic carbocycles. The summed E-state index contributed by atoms with van der Waals surface area (Å²) in [5.41, 5.74) is 5.44. The summed E-state index contributed by atoms with van der Waals surface area (Å²) in [6.07, 6.45) is 5.82. The Balaban J connectivity index is 1.68. The summed E-state index contributed by atoms with van der Waals surface area (Å²) in [4.78, 5) is 46.9. The first kappa shape index (κ1) is 23.8. The molecule has 2 amide bonds. The number of rotatable bonds is 9. The topological polar surface area (TPSA) is 156 Å². The predicted molar refractivity (Wildman–Crippen MR) is 119 cm³/mol. The lowest BCUT2D eigenvalue weighted by atomic mass is 9.90. The highest BCUT2D eigenvalue weighted by atomic mass is 16.5. The number of ether oxygens (including phenoxy) is 1. The highest BCUT2D eigenvalue weighted by Gasteiger charge is 2.19. The molecule has 1 fully saturated rings. The van der Waals surface area contributed by atoms with Crippen LogP contribution in [0.15, 0.2) is 36.4 Å². The molecule has 0 saturated heterocycles. The van der Waals surface area contributed by atoms with Crippen molar-refractivity contribution in [3.63, 3.8) is 0 Å². The fraction of sp³-hybridized carbons (Fsp3) is 0.333. The monoisotopic (exact) mass is 454 g/mol. The number of nitrogens with two attached hydrogens (primary N) is 1. The van der Waals surface area contributed by atoms with Crippen LogP contribution in [0.4, 0.5) is 0 Å². The van der Waals surface area contributed by atoms with E-state index in [2.05, 4.69) is 5.32 Å². The molecule has 9 heteroatoms. The van der Waals surface area contributed by atoms with Gasteiger partial charge in [-0.05, 0) is 54.7 Å². The first-order valence-corrected chi connectivity index (χ1v) is 10.7. The lowest BCUT2D eigenvalue weighted by Crippen LogP contribution is -2.24. The van der Waals surface area contributed by atoms with E-state index in [0.29, 0.717) is 23.8 Å². The molecule has 1 aliphatic carbocycles. The minimum atomic E-state index is -1.45. The molecule has 5 N–H and O–H groups in total. The lowest BCUT2D eigenvalue weighted by Gasteiger charge is -2.22. The Labute approximate surface area is 190 Å². The van der Waals surface area contributed by atoms with E-state index in [9.17, 15) is 24.3 Å². The van der Waals surface area contributed by atoms with Gasteiger partial charge in [-0.25, -0.2) is 9.59 Å². The van der Waals surface area contributed by atoms with Crippen LogP contribution in [0.5, 0.6) is 5.75 Å². The Bertz CT molecular complexity index is 1070. The summed E-state index contributed by atoms with van der Waals surface area (Å²) >= 11 is 0. The molecule has 0 unspecified atom stereocenters. The van der Waals surface area contributed by atoms with E-state index < -0.39 is 34.9 Å². The molecule has 174 valence electrons. The normalized spacial score (nSPS) is 13.8. The number of amides is 2. The number of aromatic carboxylic acids is 2. The van der Waals surface area contributed by atoms with Crippen LogP contribution in [0.3, 0.4) is 0 Å². The molecule has 0 spiro atoms. The molecule has 33 heavy (non-hydrogen) atoms. The molecule has 1 aliphatic rings. The molecule has 9 nitrogen and oxygen atoms in total. The Morgan fingerprint density at radius 2 is 1.61 bits per heavy atom. The Kier molecular flexibility index (Phi) is 7.66. The molecule has 0 aromatic heterocycles. The third kappa shape index (κ3) is 6.09. The third-order valence-corrected chi connectivity index (χ3v) is 5.70. The molecule has 0 aliphatic heterocycles. The smallest absolute Gasteiger partial charge is 0.336 e. The van der Waals surface area contributed by atoms with Gasteiger partial charge in [0.05, 0.1) is 23.3 Å². The van der Waals surface area contributed by atoms with Crippen molar-refractivity contribution < 1.29 is 34.1 Å². The lowest BCUT2D eigenvalue weighted by molar-refractivity contribution is 0.0651. The number of carboxylic acid groups (broad SMARTS) is 2. The summed E-state index contributed by atoms with van der Waals surface area (Å²) in [6, 6.07) is 8.23. The van der Waals surface area contributed by atoms with Gasteiger partial charge in [0, 0.05) is 12.1 Å². The van der Waals surface area contributed by atoms with Crippen LogP contribution in [-0.4, -0.2) is 40.6 Å². The van der Waals surface area contributed by atoms with Gasteiger partial charge in [-0.1, -0.05) is 25.3 Å². The highest BCUT2D eigenvalue weighted by molar-refractivity contribution is 6.04. The van der Waals surface area contributed by atoms with Crippen molar-refractivity contribution in [1.82, 2.24) is 5.32 Å². The van der Waals surface area contributed by atoms with Crippen molar-refractivity contribution >= 4 is 23.8 Å². The van der Waals surface area contributed by atoms with Crippen LogP contribution in [-0.2, 0) is 6.54 Å². The molecule has 0 radical (unpaired) electrons. The highest BCUT2D eigenvalue weighted by Crippen LogP contribution is 2.26. The molecule has 0 heterocycles. The zero-order valence-corrected chi connectivity index (χ0v) is 18.0. The molecular formula is C24H26N2O7.